The van der Waals surface area contributed by atoms with Crippen LogP contribution >= 0.6 is 35.2 Å². The summed E-state index contributed by atoms with van der Waals surface area (Å²) < 4.78 is 0.724. The van der Waals surface area contributed by atoms with Gasteiger partial charge in [0.1, 0.15) is 4.64 Å². The highest BCUT2D eigenvalue weighted by Gasteiger charge is 2.03. The monoisotopic (exact) mass is 227 g/mol. The Kier molecular flexibility index (Phi) is 2.49. The van der Waals surface area contributed by atoms with Gasteiger partial charge in [-0.05, 0) is 23.6 Å². The van der Waals surface area contributed by atoms with Crippen molar-refractivity contribution in [2.45, 2.75) is 0 Å². The maximum atomic E-state index is 5.98. The standard InChI is InChI=1S/C9H6ClNS2/c10-6-4-5-13-9(6)7-2-1-3-8(12)11-7/h1-5H,(H,11,12). The lowest BCUT2D eigenvalue weighted by molar-refractivity contribution is 1.31. The van der Waals surface area contributed by atoms with Gasteiger partial charge in [0.05, 0.1) is 15.6 Å². The average molecular weight is 228 g/mol. The molecule has 1 nitrogen and oxygen atoms in total. The molecule has 1 N–H and O–H groups in total. The lowest BCUT2D eigenvalue weighted by Gasteiger charge is -1.97. The third kappa shape index (κ3) is 1.82. The van der Waals surface area contributed by atoms with Gasteiger partial charge < -0.3 is 4.98 Å². The molecule has 2 aromatic heterocycles. The number of halogens is 1. The molecule has 0 aliphatic heterocycles. The summed E-state index contributed by atoms with van der Waals surface area (Å²) in [6.45, 7) is 0. The molecular weight excluding hydrogens is 222 g/mol. The lowest BCUT2D eigenvalue weighted by Crippen LogP contribution is -1.79. The number of thiophene rings is 1. The van der Waals surface area contributed by atoms with E-state index in [4.69, 9.17) is 23.8 Å². The molecule has 0 atom stereocenters. The van der Waals surface area contributed by atoms with E-state index in [-0.39, 0.29) is 0 Å². The molecule has 0 saturated heterocycles. The van der Waals surface area contributed by atoms with Gasteiger partial charge in [-0.2, -0.15) is 0 Å². The molecule has 0 aromatic carbocycles. The number of hydrogen-bond donors (Lipinski definition) is 1. The van der Waals surface area contributed by atoms with Gasteiger partial charge in [-0.25, -0.2) is 0 Å². The van der Waals surface area contributed by atoms with Gasteiger partial charge in [0.2, 0.25) is 0 Å². The minimum atomic E-state index is 0.724. The van der Waals surface area contributed by atoms with Crippen molar-refractivity contribution in [1.29, 1.82) is 0 Å². The Morgan fingerprint density at radius 3 is 2.77 bits per heavy atom. The minimum Gasteiger partial charge on any atom is -0.345 e. The molecule has 0 spiro atoms. The van der Waals surface area contributed by atoms with Crippen LogP contribution in [-0.4, -0.2) is 4.98 Å². The Hall–Kier alpha value is -0.640. The van der Waals surface area contributed by atoms with Crippen LogP contribution in [0.4, 0.5) is 0 Å². The fraction of sp³-hybridized carbons (Fsp3) is 0. The third-order valence-electron chi connectivity index (χ3n) is 1.63. The van der Waals surface area contributed by atoms with Gasteiger partial charge in [0, 0.05) is 0 Å². The van der Waals surface area contributed by atoms with Crippen LogP contribution in [0.25, 0.3) is 10.6 Å². The van der Waals surface area contributed by atoms with Crippen LogP contribution < -0.4 is 0 Å². The summed E-state index contributed by atoms with van der Waals surface area (Å²) in [7, 11) is 0. The molecule has 0 unspecified atom stereocenters. The van der Waals surface area contributed by atoms with Crippen LogP contribution in [0.3, 0.4) is 0 Å². The number of pyridine rings is 1. The molecule has 13 heavy (non-hydrogen) atoms. The molecule has 2 heterocycles. The number of H-pyrrole nitrogens is 1. The summed E-state index contributed by atoms with van der Waals surface area (Å²) in [5, 5.41) is 2.73. The minimum absolute atomic E-state index is 0.724. The normalized spacial score (nSPS) is 10.2. The first kappa shape index (κ1) is 8.94. The first-order valence-electron chi connectivity index (χ1n) is 3.70. The van der Waals surface area contributed by atoms with Crippen LogP contribution in [0.5, 0.6) is 0 Å². The van der Waals surface area contributed by atoms with Crippen molar-refractivity contribution in [3.8, 4) is 10.6 Å². The quantitative estimate of drug-likeness (QED) is 0.725. The van der Waals surface area contributed by atoms with Gasteiger partial charge in [0.25, 0.3) is 0 Å². The molecule has 2 rings (SSSR count). The predicted molar refractivity (Wildman–Crippen MR) is 59.9 cm³/mol. The van der Waals surface area contributed by atoms with Crippen LogP contribution in [0.2, 0.25) is 5.02 Å². The molecule has 66 valence electrons. The molecule has 2 aromatic rings. The largest absolute Gasteiger partial charge is 0.345 e. The fourth-order valence-corrected chi connectivity index (χ4v) is 2.39. The number of nitrogens with one attached hydrogen (secondary N) is 1. The van der Waals surface area contributed by atoms with Crippen molar-refractivity contribution in [2.75, 3.05) is 0 Å². The second-order valence-electron chi connectivity index (χ2n) is 2.53. The summed E-state index contributed by atoms with van der Waals surface area (Å²) >= 11 is 12.6. The van der Waals surface area contributed by atoms with E-state index in [0.717, 1.165) is 20.2 Å². The van der Waals surface area contributed by atoms with E-state index >= 15 is 0 Å². The molecule has 0 aliphatic carbocycles. The van der Waals surface area contributed by atoms with E-state index in [9.17, 15) is 0 Å². The number of rotatable bonds is 1. The van der Waals surface area contributed by atoms with Gasteiger partial charge in [-0.3, -0.25) is 0 Å². The van der Waals surface area contributed by atoms with Gasteiger partial charge in [0.15, 0.2) is 0 Å². The fourth-order valence-electron chi connectivity index (χ4n) is 1.07. The Morgan fingerprint density at radius 2 is 2.15 bits per heavy atom. The Bertz CT molecular complexity index is 472. The molecule has 0 aliphatic rings. The van der Waals surface area contributed by atoms with E-state index < -0.39 is 0 Å². The highest BCUT2D eigenvalue weighted by atomic mass is 35.5. The smallest absolute Gasteiger partial charge is 0.103 e. The Balaban J connectivity index is 2.59. The second-order valence-corrected chi connectivity index (χ2v) is 4.29. The van der Waals surface area contributed by atoms with Crippen molar-refractivity contribution in [3.05, 3.63) is 39.3 Å². The maximum absolute atomic E-state index is 5.98. The summed E-state index contributed by atoms with van der Waals surface area (Å²) in [5.74, 6) is 0. The van der Waals surface area contributed by atoms with E-state index in [1.54, 1.807) is 11.3 Å². The van der Waals surface area contributed by atoms with Crippen molar-refractivity contribution < 1.29 is 0 Å². The second kappa shape index (κ2) is 3.62. The van der Waals surface area contributed by atoms with E-state index in [0.29, 0.717) is 0 Å². The average Bonchev–Trinajstić information content (AvgIpc) is 2.51. The highest BCUT2D eigenvalue weighted by Crippen LogP contribution is 2.31. The number of aromatic nitrogens is 1. The summed E-state index contributed by atoms with van der Waals surface area (Å²) in [6.07, 6.45) is 0. The first-order valence-corrected chi connectivity index (χ1v) is 5.36. The van der Waals surface area contributed by atoms with Gasteiger partial charge in [-0.15, -0.1) is 11.3 Å². The zero-order valence-corrected chi connectivity index (χ0v) is 8.97. The van der Waals surface area contributed by atoms with Gasteiger partial charge in [-0.1, -0.05) is 29.9 Å². The summed E-state index contributed by atoms with van der Waals surface area (Å²) in [6, 6.07) is 7.61. The number of aromatic amines is 1. The van der Waals surface area contributed by atoms with E-state index in [2.05, 4.69) is 4.98 Å². The SMILES string of the molecule is S=c1cccc(-c2sccc2Cl)[nH]1. The topological polar surface area (TPSA) is 15.8 Å². The lowest BCUT2D eigenvalue weighted by atomic mass is 10.3. The summed E-state index contributed by atoms with van der Waals surface area (Å²) in [5.41, 5.74) is 0.979. The van der Waals surface area contributed by atoms with Crippen LogP contribution in [-0.2, 0) is 0 Å². The van der Waals surface area contributed by atoms with Crippen molar-refractivity contribution in [1.82, 2.24) is 4.98 Å². The molecule has 0 fully saturated rings. The zero-order valence-electron chi connectivity index (χ0n) is 6.58. The van der Waals surface area contributed by atoms with Gasteiger partial charge >= 0.3 is 0 Å². The maximum Gasteiger partial charge on any atom is 0.103 e. The predicted octanol–water partition coefficient (Wildman–Crippen LogP) is 4.13. The van der Waals surface area contributed by atoms with E-state index in [1.165, 1.54) is 0 Å². The van der Waals surface area contributed by atoms with Crippen molar-refractivity contribution in [3.63, 3.8) is 0 Å². The molecular formula is C9H6ClNS2. The van der Waals surface area contributed by atoms with E-state index in [1.807, 2.05) is 29.6 Å². The van der Waals surface area contributed by atoms with Crippen LogP contribution in [0.1, 0.15) is 0 Å². The molecule has 4 heteroatoms. The van der Waals surface area contributed by atoms with Crippen molar-refractivity contribution in [2.24, 2.45) is 0 Å². The summed E-state index contributed by atoms with van der Waals surface area (Å²) in [4.78, 5) is 4.13. The molecule has 0 bridgehead atoms. The van der Waals surface area contributed by atoms with Crippen LogP contribution in [0, 0.1) is 4.64 Å². The van der Waals surface area contributed by atoms with Crippen molar-refractivity contribution >= 4 is 35.2 Å². The Morgan fingerprint density at radius 1 is 1.31 bits per heavy atom. The molecule has 0 amide bonds. The molecule has 0 radical (unpaired) electrons. The third-order valence-corrected chi connectivity index (χ3v) is 3.24. The Labute approximate surface area is 90.0 Å². The zero-order chi connectivity index (χ0) is 9.26. The molecule has 0 saturated carbocycles. The highest BCUT2D eigenvalue weighted by molar-refractivity contribution is 7.71. The number of hydrogen-bond acceptors (Lipinski definition) is 2. The van der Waals surface area contributed by atoms with Crippen LogP contribution in [0.15, 0.2) is 29.6 Å². The first-order chi connectivity index (χ1) is 6.27.